The highest BCUT2D eigenvalue weighted by atomic mass is 32.1. The number of likely N-dealkylation sites (N-methyl/N-ethyl adjacent to an activating group) is 1. The molecule has 0 radical (unpaired) electrons. The number of nitrogens with zero attached hydrogens (tertiary/aromatic N) is 1. The number of hydrogen-bond acceptors (Lipinski definition) is 3. The average Bonchev–Trinajstić information content (AvgIpc) is 2.10. The lowest BCUT2D eigenvalue weighted by molar-refractivity contribution is -0.140. The molecule has 0 aliphatic rings. The van der Waals surface area contributed by atoms with Crippen LogP contribution in [0.25, 0.3) is 0 Å². The Morgan fingerprint density at radius 1 is 1.53 bits per heavy atom. The van der Waals surface area contributed by atoms with Gasteiger partial charge in [0.05, 0.1) is 16.6 Å². The van der Waals surface area contributed by atoms with Crippen molar-refractivity contribution in [2.45, 2.75) is 39.3 Å². The van der Waals surface area contributed by atoms with Gasteiger partial charge in [0.15, 0.2) is 0 Å². The van der Waals surface area contributed by atoms with E-state index in [1.165, 1.54) is 4.90 Å². The zero-order valence-corrected chi connectivity index (χ0v) is 10.9. The average molecular weight is 232 g/mol. The van der Waals surface area contributed by atoms with Crippen LogP contribution in [0, 0.1) is 0 Å². The third-order valence-electron chi connectivity index (χ3n) is 2.01. The minimum Gasteiger partial charge on any atom is -0.392 e. The smallest absolute Gasteiger partial charge is 0.248 e. The molecule has 1 unspecified atom stereocenters. The van der Waals surface area contributed by atoms with Crippen LogP contribution in [0.4, 0.5) is 0 Å². The van der Waals surface area contributed by atoms with Crippen LogP contribution in [-0.2, 0) is 9.53 Å². The van der Waals surface area contributed by atoms with Gasteiger partial charge in [-0.05, 0) is 27.7 Å². The van der Waals surface area contributed by atoms with Crippen LogP contribution in [0.3, 0.4) is 0 Å². The van der Waals surface area contributed by atoms with Crippen LogP contribution in [-0.4, -0.2) is 41.1 Å². The summed E-state index contributed by atoms with van der Waals surface area (Å²) >= 11 is 4.81. The van der Waals surface area contributed by atoms with Gasteiger partial charge in [0, 0.05) is 7.05 Å². The maximum absolute atomic E-state index is 11.6. The molecule has 1 amide bonds. The van der Waals surface area contributed by atoms with Crippen molar-refractivity contribution in [1.82, 2.24) is 4.90 Å². The van der Waals surface area contributed by atoms with E-state index in [-0.39, 0.29) is 24.2 Å². The Balaban J connectivity index is 4.17. The van der Waals surface area contributed by atoms with Crippen LogP contribution in [0.2, 0.25) is 0 Å². The van der Waals surface area contributed by atoms with Gasteiger partial charge in [-0.15, -0.1) is 0 Å². The van der Waals surface area contributed by atoms with Gasteiger partial charge in [-0.25, -0.2) is 0 Å². The summed E-state index contributed by atoms with van der Waals surface area (Å²) in [5.74, 6) is -0.120. The summed E-state index contributed by atoms with van der Waals surface area (Å²) in [5, 5.41) is 0. The molecule has 0 heterocycles. The molecular weight excluding hydrogens is 212 g/mol. The molecule has 0 aromatic rings. The summed E-state index contributed by atoms with van der Waals surface area (Å²) in [7, 11) is 1.66. The third kappa shape index (κ3) is 5.69. The number of carbonyl (C=O) groups excluding carboxylic acids is 1. The Bertz CT molecular complexity index is 248. The van der Waals surface area contributed by atoms with Crippen LogP contribution in [0.1, 0.15) is 27.7 Å². The minimum atomic E-state index is -0.317. The molecule has 4 nitrogen and oxygen atoms in total. The molecule has 0 aliphatic carbocycles. The van der Waals surface area contributed by atoms with Gasteiger partial charge in [-0.1, -0.05) is 12.2 Å². The highest BCUT2D eigenvalue weighted by molar-refractivity contribution is 7.80. The van der Waals surface area contributed by atoms with Crippen molar-refractivity contribution in [3.05, 3.63) is 0 Å². The third-order valence-corrected chi connectivity index (χ3v) is 2.36. The summed E-state index contributed by atoms with van der Waals surface area (Å²) in [6, 6.07) is -0.240. The maximum atomic E-state index is 11.6. The first-order chi connectivity index (χ1) is 6.65. The van der Waals surface area contributed by atoms with Crippen LogP contribution in [0.5, 0.6) is 0 Å². The fourth-order valence-electron chi connectivity index (χ4n) is 0.787. The van der Waals surface area contributed by atoms with E-state index in [9.17, 15) is 4.79 Å². The predicted octanol–water partition coefficient (Wildman–Crippen LogP) is 0.934. The molecule has 0 saturated carbocycles. The number of carbonyl (C=O) groups is 1. The van der Waals surface area contributed by atoms with Gasteiger partial charge in [0.25, 0.3) is 0 Å². The number of thiocarbonyl (C=S) groups is 1. The van der Waals surface area contributed by atoms with E-state index in [4.69, 9.17) is 22.7 Å². The molecule has 0 saturated heterocycles. The number of ether oxygens (including phenoxy) is 1. The molecule has 88 valence electrons. The summed E-state index contributed by atoms with van der Waals surface area (Å²) in [5.41, 5.74) is 5.14. The summed E-state index contributed by atoms with van der Waals surface area (Å²) in [6.45, 7) is 7.54. The highest BCUT2D eigenvalue weighted by Gasteiger charge is 2.20. The lowest BCUT2D eigenvalue weighted by Crippen LogP contribution is -2.45. The van der Waals surface area contributed by atoms with Gasteiger partial charge in [0.2, 0.25) is 5.91 Å². The van der Waals surface area contributed by atoms with Crippen molar-refractivity contribution in [3.63, 3.8) is 0 Å². The first kappa shape index (κ1) is 14.3. The standard InChI is InChI=1S/C10H20N2O2S/c1-7(9(11)15)12(5)8(13)6-14-10(2,3)4/h7H,6H2,1-5H3,(H2,11,15). The van der Waals surface area contributed by atoms with E-state index in [0.717, 1.165) is 0 Å². The lowest BCUT2D eigenvalue weighted by Gasteiger charge is -2.26. The SMILES string of the molecule is CC(C(N)=S)N(C)C(=O)COC(C)(C)C. The van der Waals surface area contributed by atoms with Crippen molar-refractivity contribution in [2.75, 3.05) is 13.7 Å². The van der Waals surface area contributed by atoms with Crippen LogP contribution < -0.4 is 5.73 Å². The minimum absolute atomic E-state index is 0.0486. The quantitative estimate of drug-likeness (QED) is 0.733. The Kier molecular flexibility index (Phi) is 5.17. The molecule has 1 atom stereocenters. The molecular formula is C10H20N2O2S. The van der Waals surface area contributed by atoms with Crippen molar-refractivity contribution in [2.24, 2.45) is 5.73 Å². The van der Waals surface area contributed by atoms with Gasteiger partial charge >= 0.3 is 0 Å². The first-order valence-corrected chi connectivity index (χ1v) is 5.25. The summed E-state index contributed by atoms with van der Waals surface area (Å²) < 4.78 is 5.37. The Morgan fingerprint density at radius 3 is 2.33 bits per heavy atom. The zero-order chi connectivity index (χ0) is 12.2. The molecule has 15 heavy (non-hydrogen) atoms. The van der Waals surface area contributed by atoms with E-state index in [1.54, 1.807) is 14.0 Å². The molecule has 0 spiro atoms. The highest BCUT2D eigenvalue weighted by Crippen LogP contribution is 2.07. The number of hydrogen-bond donors (Lipinski definition) is 1. The van der Waals surface area contributed by atoms with E-state index >= 15 is 0 Å². The lowest BCUT2D eigenvalue weighted by atomic mass is 10.2. The molecule has 0 rings (SSSR count). The molecule has 0 aliphatic heterocycles. The largest absolute Gasteiger partial charge is 0.392 e. The normalized spacial score (nSPS) is 13.4. The molecule has 2 N–H and O–H groups in total. The van der Waals surface area contributed by atoms with Gasteiger partial charge in [0.1, 0.15) is 6.61 Å². The fourth-order valence-corrected chi connectivity index (χ4v) is 0.945. The molecule has 0 bridgehead atoms. The number of amides is 1. The van der Waals surface area contributed by atoms with Crippen LogP contribution in [0.15, 0.2) is 0 Å². The van der Waals surface area contributed by atoms with Gasteiger partial charge in [-0.2, -0.15) is 0 Å². The predicted molar refractivity (Wildman–Crippen MR) is 64.7 cm³/mol. The number of nitrogens with two attached hydrogens (primary N) is 1. The van der Waals surface area contributed by atoms with E-state index < -0.39 is 0 Å². The van der Waals surface area contributed by atoms with Crippen molar-refractivity contribution >= 4 is 23.1 Å². The van der Waals surface area contributed by atoms with Crippen molar-refractivity contribution in [3.8, 4) is 0 Å². The van der Waals surface area contributed by atoms with Gasteiger partial charge < -0.3 is 15.4 Å². The van der Waals surface area contributed by atoms with Crippen molar-refractivity contribution < 1.29 is 9.53 Å². The van der Waals surface area contributed by atoms with E-state index in [0.29, 0.717) is 4.99 Å². The molecule has 0 aromatic heterocycles. The van der Waals surface area contributed by atoms with Crippen LogP contribution >= 0.6 is 12.2 Å². The first-order valence-electron chi connectivity index (χ1n) is 4.84. The summed E-state index contributed by atoms with van der Waals surface area (Å²) in [6.07, 6.45) is 0. The molecule has 5 heteroatoms. The second-order valence-corrected chi connectivity index (χ2v) is 4.96. The Labute approximate surface area is 96.8 Å². The van der Waals surface area contributed by atoms with Crippen molar-refractivity contribution in [1.29, 1.82) is 0 Å². The fraction of sp³-hybridized carbons (Fsp3) is 0.800. The zero-order valence-electron chi connectivity index (χ0n) is 10.0. The second-order valence-electron chi connectivity index (χ2n) is 4.48. The monoisotopic (exact) mass is 232 g/mol. The summed E-state index contributed by atoms with van der Waals surface area (Å²) in [4.78, 5) is 13.4. The maximum Gasteiger partial charge on any atom is 0.248 e. The molecule has 0 aromatic carbocycles. The molecule has 0 fully saturated rings. The Morgan fingerprint density at radius 2 is 2.00 bits per heavy atom. The van der Waals surface area contributed by atoms with E-state index in [2.05, 4.69) is 0 Å². The Hall–Kier alpha value is -0.680. The number of rotatable bonds is 4. The topological polar surface area (TPSA) is 55.6 Å². The second kappa shape index (κ2) is 5.42. The van der Waals surface area contributed by atoms with E-state index in [1.807, 2.05) is 20.8 Å². The van der Waals surface area contributed by atoms with Gasteiger partial charge in [-0.3, -0.25) is 4.79 Å².